The van der Waals surface area contributed by atoms with E-state index in [4.69, 9.17) is 0 Å². The molecule has 90 valence electrons. The highest BCUT2D eigenvalue weighted by molar-refractivity contribution is 14.1. The number of hydrogen-bond donors (Lipinski definition) is 0. The largest absolute Gasteiger partial charge is 0.363 e. The first-order valence-corrected chi connectivity index (χ1v) is 6.36. The molecule has 0 aromatic heterocycles. The topological polar surface area (TPSA) is 63.5 Å². The lowest BCUT2D eigenvalue weighted by molar-refractivity contribution is -0.384. The normalized spacial score (nSPS) is 16.1. The second-order valence-electron chi connectivity index (χ2n) is 3.96. The molecule has 1 fully saturated rings. The highest BCUT2D eigenvalue weighted by Crippen LogP contribution is 2.28. The molecule has 0 saturated carbocycles. The third-order valence-corrected chi connectivity index (χ3v) is 3.60. The Morgan fingerprint density at radius 1 is 1.41 bits per heavy atom. The number of piperidine rings is 1. The Morgan fingerprint density at radius 3 is 2.76 bits per heavy atom. The molecular formula is C11H11IN2O3. The maximum absolute atomic E-state index is 11.4. The molecule has 5 nitrogen and oxygen atoms in total. The van der Waals surface area contributed by atoms with Crippen molar-refractivity contribution in [1.82, 2.24) is 0 Å². The number of ketones is 1. The number of nitro groups is 1. The minimum atomic E-state index is -0.409. The average molecular weight is 346 g/mol. The van der Waals surface area contributed by atoms with Crippen molar-refractivity contribution in [2.24, 2.45) is 0 Å². The molecule has 0 atom stereocenters. The van der Waals surface area contributed by atoms with Crippen molar-refractivity contribution in [2.45, 2.75) is 12.8 Å². The first-order chi connectivity index (χ1) is 8.08. The molecule has 17 heavy (non-hydrogen) atoms. The van der Waals surface area contributed by atoms with Gasteiger partial charge < -0.3 is 4.90 Å². The molecule has 0 spiro atoms. The molecule has 0 aliphatic carbocycles. The highest BCUT2D eigenvalue weighted by atomic mass is 127. The summed E-state index contributed by atoms with van der Waals surface area (Å²) in [6, 6.07) is 4.74. The monoisotopic (exact) mass is 346 g/mol. The molecule has 1 aliphatic rings. The summed E-state index contributed by atoms with van der Waals surface area (Å²) >= 11 is 2.07. The molecule has 1 saturated heterocycles. The number of halogens is 1. The lowest BCUT2D eigenvalue weighted by Crippen LogP contribution is -2.35. The lowest BCUT2D eigenvalue weighted by atomic mass is 10.1. The first kappa shape index (κ1) is 12.3. The van der Waals surface area contributed by atoms with Crippen LogP contribution in [0.5, 0.6) is 0 Å². The zero-order chi connectivity index (χ0) is 12.4. The van der Waals surface area contributed by atoms with Gasteiger partial charge in [-0.3, -0.25) is 14.9 Å². The summed E-state index contributed by atoms with van der Waals surface area (Å²) in [7, 11) is 0. The van der Waals surface area contributed by atoms with Gasteiger partial charge in [-0.05, 0) is 35.1 Å². The number of benzene rings is 1. The molecule has 6 heteroatoms. The minimum absolute atomic E-state index is 0.0847. The van der Waals surface area contributed by atoms with Gasteiger partial charge in [-0.1, -0.05) is 0 Å². The number of Topliss-reactive ketones (excluding diaryl/α,β-unsaturated/α-hetero) is 1. The van der Waals surface area contributed by atoms with Gasteiger partial charge >= 0.3 is 0 Å². The van der Waals surface area contributed by atoms with E-state index < -0.39 is 4.92 Å². The van der Waals surface area contributed by atoms with Crippen molar-refractivity contribution < 1.29 is 9.72 Å². The van der Waals surface area contributed by atoms with E-state index in [-0.39, 0.29) is 11.5 Å². The van der Waals surface area contributed by atoms with Gasteiger partial charge in [0.15, 0.2) is 5.78 Å². The van der Waals surface area contributed by atoms with Crippen LogP contribution in [0, 0.1) is 13.7 Å². The first-order valence-electron chi connectivity index (χ1n) is 5.28. The number of rotatable bonds is 2. The van der Waals surface area contributed by atoms with Crippen LogP contribution in [0.15, 0.2) is 18.2 Å². The molecule has 1 aromatic rings. The van der Waals surface area contributed by atoms with Crippen molar-refractivity contribution in [3.05, 3.63) is 31.9 Å². The maximum Gasteiger partial charge on any atom is 0.270 e. The Morgan fingerprint density at radius 2 is 2.18 bits per heavy atom. The van der Waals surface area contributed by atoms with Gasteiger partial charge in [0.2, 0.25) is 0 Å². The Balaban J connectivity index is 2.26. The fourth-order valence-electron chi connectivity index (χ4n) is 1.91. The maximum atomic E-state index is 11.4. The molecule has 1 heterocycles. The standard InChI is InChI=1S/C11H11IN2O3/c12-10-6-8(14(16)17)3-4-11(10)13-5-1-2-9(15)7-13/h3-4,6H,1-2,5,7H2. The highest BCUT2D eigenvalue weighted by Gasteiger charge is 2.20. The zero-order valence-electron chi connectivity index (χ0n) is 9.06. The van der Waals surface area contributed by atoms with E-state index in [1.807, 2.05) is 4.90 Å². The number of nitrogens with zero attached hydrogens (tertiary/aromatic N) is 2. The van der Waals surface area contributed by atoms with Crippen LogP contribution >= 0.6 is 22.6 Å². The van der Waals surface area contributed by atoms with E-state index in [9.17, 15) is 14.9 Å². The number of nitro benzene ring substituents is 1. The van der Waals surface area contributed by atoms with Crippen molar-refractivity contribution in [1.29, 1.82) is 0 Å². The van der Waals surface area contributed by atoms with Crippen LogP contribution in [0.25, 0.3) is 0 Å². The summed E-state index contributed by atoms with van der Waals surface area (Å²) < 4.78 is 0.812. The SMILES string of the molecule is O=C1CCCN(c2ccc([N+](=O)[O-])cc2I)C1. The molecule has 2 rings (SSSR count). The van der Waals surface area contributed by atoms with E-state index in [2.05, 4.69) is 22.6 Å². The van der Waals surface area contributed by atoms with Crippen LogP contribution in [0.2, 0.25) is 0 Å². The number of carbonyl (C=O) groups is 1. The van der Waals surface area contributed by atoms with E-state index in [1.54, 1.807) is 6.07 Å². The van der Waals surface area contributed by atoms with Crippen molar-refractivity contribution >= 4 is 39.7 Å². The number of hydrogen-bond acceptors (Lipinski definition) is 4. The number of carbonyl (C=O) groups excluding carboxylic acids is 1. The molecule has 1 aromatic carbocycles. The molecule has 0 bridgehead atoms. The summed E-state index contributed by atoms with van der Waals surface area (Å²) in [6.45, 7) is 1.24. The quantitative estimate of drug-likeness (QED) is 0.469. The molecule has 0 amide bonds. The van der Waals surface area contributed by atoms with Gasteiger partial charge in [0.25, 0.3) is 5.69 Å². The van der Waals surface area contributed by atoms with E-state index in [0.29, 0.717) is 13.0 Å². The number of non-ortho nitro benzene ring substituents is 1. The third kappa shape index (κ3) is 2.74. The minimum Gasteiger partial charge on any atom is -0.363 e. The molecule has 1 aliphatic heterocycles. The second-order valence-corrected chi connectivity index (χ2v) is 5.12. The molecular weight excluding hydrogens is 335 g/mol. The van der Waals surface area contributed by atoms with Crippen LogP contribution in [0.1, 0.15) is 12.8 Å². The summed E-state index contributed by atoms with van der Waals surface area (Å²) in [5.74, 6) is 0.227. The molecule has 0 radical (unpaired) electrons. The lowest BCUT2D eigenvalue weighted by Gasteiger charge is -2.28. The zero-order valence-corrected chi connectivity index (χ0v) is 11.2. The predicted octanol–water partition coefficient (Wildman–Crippen LogP) is 2.37. The summed E-state index contributed by atoms with van der Waals surface area (Å²) in [4.78, 5) is 23.6. The van der Waals surface area contributed by atoms with Crippen LogP contribution in [-0.2, 0) is 4.79 Å². The summed E-state index contributed by atoms with van der Waals surface area (Å²) in [6.07, 6.45) is 1.49. The summed E-state index contributed by atoms with van der Waals surface area (Å²) in [5.41, 5.74) is 0.991. The van der Waals surface area contributed by atoms with Gasteiger partial charge in [-0.15, -0.1) is 0 Å². The Hall–Kier alpha value is -1.18. The van der Waals surface area contributed by atoms with Crippen LogP contribution in [0.4, 0.5) is 11.4 Å². The Kier molecular flexibility index (Phi) is 3.60. The Bertz CT molecular complexity index is 476. The van der Waals surface area contributed by atoms with Crippen LogP contribution in [0.3, 0.4) is 0 Å². The van der Waals surface area contributed by atoms with Gasteiger partial charge in [-0.2, -0.15) is 0 Å². The fraction of sp³-hybridized carbons (Fsp3) is 0.364. The third-order valence-electron chi connectivity index (χ3n) is 2.73. The smallest absolute Gasteiger partial charge is 0.270 e. The second kappa shape index (κ2) is 4.99. The van der Waals surface area contributed by atoms with Gasteiger partial charge in [-0.25, -0.2) is 0 Å². The van der Waals surface area contributed by atoms with Crippen molar-refractivity contribution in [3.63, 3.8) is 0 Å². The summed E-state index contributed by atoms with van der Waals surface area (Å²) in [5, 5.41) is 10.6. The van der Waals surface area contributed by atoms with Crippen LogP contribution in [-0.4, -0.2) is 23.8 Å². The number of anilines is 1. The van der Waals surface area contributed by atoms with Gasteiger partial charge in [0, 0.05) is 28.7 Å². The molecule has 0 N–H and O–H groups in total. The van der Waals surface area contributed by atoms with E-state index >= 15 is 0 Å². The molecule has 0 unspecified atom stereocenters. The Labute approximate surface area is 112 Å². The van der Waals surface area contributed by atoms with Crippen LogP contribution < -0.4 is 4.90 Å². The van der Waals surface area contributed by atoms with Gasteiger partial charge in [0.05, 0.1) is 17.2 Å². The van der Waals surface area contributed by atoms with Crippen molar-refractivity contribution in [2.75, 3.05) is 18.0 Å². The van der Waals surface area contributed by atoms with E-state index in [0.717, 1.165) is 22.2 Å². The van der Waals surface area contributed by atoms with Crippen molar-refractivity contribution in [3.8, 4) is 0 Å². The van der Waals surface area contributed by atoms with E-state index in [1.165, 1.54) is 12.1 Å². The fourth-order valence-corrected chi connectivity index (χ4v) is 2.75. The predicted molar refractivity (Wildman–Crippen MR) is 72.3 cm³/mol. The van der Waals surface area contributed by atoms with Gasteiger partial charge in [0.1, 0.15) is 0 Å². The average Bonchev–Trinajstić information content (AvgIpc) is 2.28.